The van der Waals surface area contributed by atoms with Gasteiger partial charge in [-0.15, -0.1) is 0 Å². The Hall–Kier alpha value is -3.17. The minimum absolute atomic E-state index is 0.0842. The van der Waals surface area contributed by atoms with Crippen molar-refractivity contribution in [1.82, 2.24) is 10.2 Å². The van der Waals surface area contributed by atoms with Gasteiger partial charge in [-0.25, -0.2) is 8.42 Å². The zero-order chi connectivity index (χ0) is 27.9. The molecule has 38 heavy (non-hydrogen) atoms. The molecule has 0 bridgehead atoms. The van der Waals surface area contributed by atoms with Gasteiger partial charge in [0.2, 0.25) is 11.8 Å². The second-order valence-electron chi connectivity index (χ2n) is 9.23. The number of rotatable bonds is 11. The van der Waals surface area contributed by atoms with Crippen LogP contribution in [0.1, 0.15) is 37.0 Å². The summed E-state index contributed by atoms with van der Waals surface area (Å²) in [5, 5.41) is 2.85. The van der Waals surface area contributed by atoms with Crippen LogP contribution in [0, 0.1) is 13.8 Å². The summed E-state index contributed by atoms with van der Waals surface area (Å²) in [5.74, 6) is -0.771. The Morgan fingerprint density at radius 3 is 2.24 bits per heavy atom. The van der Waals surface area contributed by atoms with Crippen LogP contribution in [0.25, 0.3) is 0 Å². The molecule has 0 aromatic heterocycles. The minimum Gasteiger partial charge on any atom is -0.354 e. The fourth-order valence-electron chi connectivity index (χ4n) is 4.08. The van der Waals surface area contributed by atoms with Crippen molar-refractivity contribution < 1.29 is 18.0 Å². The van der Waals surface area contributed by atoms with Crippen molar-refractivity contribution in [3.63, 3.8) is 0 Å². The first-order valence-electron chi connectivity index (χ1n) is 12.5. The van der Waals surface area contributed by atoms with E-state index in [2.05, 4.69) is 21.2 Å². The summed E-state index contributed by atoms with van der Waals surface area (Å²) in [7, 11) is -4.08. The molecule has 0 spiro atoms. The maximum absolute atomic E-state index is 13.9. The predicted octanol–water partition coefficient (Wildman–Crippen LogP) is 5.20. The number of halogens is 1. The molecule has 0 saturated carbocycles. The number of nitrogens with zero attached hydrogens (tertiary/aromatic N) is 2. The molecule has 3 aromatic rings. The van der Waals surface area contributed by atoms with E-state index in [0.29, 0.717) is 12.2 Å². The zero-order valence-corrected chi connectivity index (χ0v) is 24.6. The smallest absolute Gasteiger partial charge is 0.264 e. The van der Waals surface area contributed by atoms with Crippen molar-refractivity contribution >= 4 is 43.5 Å². The highest BCUT2D eigenvalue weighted by molar-refractivity contribution is 9.10. The maximum atomic E-state index is 13.9. The van der Waals surface area contributed by atoms with E-state index < -0.39 is 28.5 Å². The summed E-state index contributed by atoms with van der Waals surface area (Å²) in [5.41, 5.74) is 2.94. The Kier molecular flexibility index (Phi) is 10.1. The molecule has 7 nitrogen and oxygen atoms in total. The van der Waals surface area contributed by atoms with Crippen LogP contribution < -0.4 is 9.62 Å². The number of anilines is 1. The van der Waals surface area contributed by atoms with E-state index in [1.54, 1.807) is 31.2 Å². The van der Waals surface area contributed by atoms with E-state index in [9.17, 15) is 18.0 Å². The van der Waals surface area contributed by atoms with Crippen LogP contribution in [0.2, 0.25) is 0 Å². The molecule has 0 aliphatic carbocycles. The fourth-order valence-corrected chi connectivity index (χ4v) is 5.85. The Morgan fingerprint density at radius 2 is 1.63 bits per heavy atom. The van der Waals surface area contributed by atoms with Gasteiger partial charge in [-0.3, -0.25) is 13.9 Å². The second-order valence-corrected chi connectivity index (χ2v) is 12.0. The van der Waals surface area contributed by atoms with Gasteiger partial charge >= 0.3 is 0 Å². The predicted molar refractivity (Wildman–Crippen MR) is 154 cm³/mol. The molecule has 3 aromatic carbocycles. The van der Waals surface area contributed by atoms with Crippen LogP contribution in [0.15, 0.2) is 82.2 Å². The third kappa shape index (κ3) is 7.23. The van der Waals surface area contributed by atoms with Gasteiger partial charge in [-0.1, -0.05) is 70.9 Å². The topological polar surface area (TPSA) is 86.8 Å². The van der Waals surface area contributed by atoms with Crippen molar-refractivity contribution in [3.8, 4) is 0 Å². The summed E-state index contributed by atoms with van der Waals surface area (Å²) in [6, 6.07) is 20.1. The summed E-state index contributed by atoms with van der Waals surface area (Å²) < 4.78 is 29.7. The van der Waals surface area contributed by atoms with Crippen molar-refractivity contribution in [3.05, 3.63) is 94.0 Å². The van der Waals surface area contributed by atoms with Crippen LogP contribution in [-0.2, 0) is 26.2 Å². The quantitative estimate of drug-likeness (QED) is 0.328. The lowest BCUT2D eigenvalue weighted by Crippen LogP contribution is -2.51. The van der Waals surface area contributed by atoms with Crippen LogP contribution >= 0.6 is 15.9 Å². The average molecular weight is 601 g/mol. The van der Waals surface area contributed by atoms with Crippen molar-refractivity contribution in [2.75, 3.05) is 17.4 Å². The molecular weight excluding hydrogens is 566 g/mol. The Labute approximate surface area is 234 Å². The van der Waals surface area contributed by atoms with Gasteiger partial charge in [0.25, 0.3) is 10.0 Å². The normalized spacial score (nSPS) is 12.0. The lowest BCUT2D eigenvalue weighted by molar-refractivity contribution is -0.139. The van der Waals surface area contributed by atoms with Gasteiger partial charge in [0, 0.05) is 17.6 Å². The zero-order valence-electron chi connectivity index (χ0n) is 22.1. The molecule has 1 N–H and O–H groups in total. The van der Waals surface area contributed by atoms with Gasteiger partial charge in [-0.05, 0) is 68.7 Å². The average Bonchev–Trinajstić information content (AvgIpc) is 2.90. The summed E-state index contributed by atoms with van der Waals surface area (Å²) in [6.45, 7) is 7.54. The maximum Gasteiger partial charge on any atom is 0.264 e. The highest BCUT2D eigenvalue weighted by Gasteiger charge is 2.33. The largest absolute Gasteiger partial charge is 0.354 e. The first-order chi connectivity index (χ1) is 18.0. The molecular formula is C29H34BrN3O4S. The van der Waals surface area contributed by atoms with E-state index in [0.717, 1.165) is 31.9 Å². The number of carbonyl (C=O) groups is 2. The molecule has 0 aliphatic heterocycles. The molecule has 0 radical (unpaired) electrons. The third-order valence-corrected chi connectivity index (χ3v) is 8.52. The lowest BCUT2D eigenvalue weighted by Gasteiger charge is -2.32. The summed E-state index contributed by atoms with van der Waals surface area (Å²) in [4.78, 5) is 28.3. The van der Waals surface area contributed by atoms with E-state index >= 15 is 0 Å². The van der Waals surface area contributed by atoms with E-state index in [1.165, 1.54) is 17.0 Å². The number of aryl methyl sites for hydroxylation is 2. The fraction of sp³-hybridized carbons (Fsp3) is 0.310. The Bertz CT molecular complexity index is 1360. The van der Waals surface area contributed by atoms with E-state index in [4.69, 9.17) is 0 Å². The van der Waals surface area contributed by atoms with Gasteiger partial charge in [0.05, 0.1) is 10.6 Å². The molecule has 0 aliphatic rings. The lowest BCUT2D eigenvalue weighted by atomic mass is 10.1. The SMILES string of the molecule is CCCNC(=O)[C@H](C)N(Cc1ccc(Br)cc1)C(=O)CN(c1ccc(C)cc1C)S(=O)(=O)c1ccccc1. The van der Waals surface area contributed by atoms with Crippen LogP contribution in [-0.4, -0.2) is 44.3 Å². The molecule has 9 heteroatoms. The molecule has 3 rings (SSSR count). The number of amides is 2. The number of hydrogen-bond acceptors (Lipinski definition) is 4. The molecule has 0 heterocycles. The third-order valence-electron chi connectivity index (χ3n) is 6.21. The number of benzene rings is 3. The monoisotopic (exact) mass is 599 g/mol. The molecule has 0 unspecified atom stereocenters. The van der Waals surface area contributed by atoms with Crippen molar-refractivity contribution in [1.29, 1.82) is 0 Å². The van der Waals surface area contributed by atoms with Crippen molar-refractivity contribution in [2.45, 2.75) is 51.6 Å². The number of hydrogen-bond donors (Lipinski definition) is 1. The second kappa shape index (κ2) is 13.1. The molecule has 0 fully saturated rings. The molecule has 2 amide bonds. The molecule has 1 atom stereocenters. The van der Waals surface area contributed by atoms with Gasteiger partial charge in [0.1, 0.15) is 12.6 Å². The van der Waals surface area contributed by atoms with Crippen LogP contribution in [0.5, 0.6) is 0 Å². The van der Waals surface area contributed by atoms with Crippen molar-refractivity contribution in [2.24, 2.45) is 0 Å². The summed E-state index contributed by atoms with van der Waals surface area (Å²) >= 11 is 3.42. The van der Waals surface area contributed by atoms with Gasteiger partial charge < -0.3 is 10.2 Å². The molecule has 0 saturated heterocycles. The first-order valence-corrected chi connectivity index (χ1v) is 14.7. The standard InChI is InChI=1S/C29H34BrN3O4S/c1-5-17-31-29(35)23(4)32(19-24-12-14-25(30)15-13-24)28(34)20-33(27-16-11-21(2)18-22(27)3)38(36,37)26-9-7-6-8-10-26/h6-16,18,23H,5,17,19-20H2,1-4H3,(H,31,35)/t23-/m0/s1. The van der Waals surface area contributed by atoms with E-state index in [1.807, 2.05) is 57.2 Å². The highest BCUT2D eigenvalue weighted by atomic mass is 79.9. The minimum atomic E-state index is -4.08. The number of carbonyl (C=O) groups excluding carboxylic acids is 2. The van der Waals surface area contributed by atoms with Crippen LogP contribution in [0.4, 0.5) is 5.69 Å². The Balaban J connectivity index is 2.03. The van der Waals surface area contributed by atoms with E-state index in [-0.39, 0.29) is 17.3 Å². The van der Waals surface area contributed by atoms with Gasteiger partial charge in [0.15, 0.2) is 0 Å². The molecule has 202 valence electrons. The van der Waals surface area contributed by atoms with Gasteiger partial charge in [-0.2, -0.15) is 0 Å². The summed E-state index contributed by atoms with van der Waals surface area (Å²) in [6.07, 6.45) is 0.759. The van der Waals surface area contributed by atoms with Crippen LogP contribution in [0.3, 0.4) is 0 Å². The first kappa shape index (κ1) is 29.4. The number of sulfonamides is 1. The highest BCUT2D eigenvalue weighted by Crippen LogP contribution is 2.28. The Morgan fingerprint density at radius 1 is 0.974 bits per heavy atom. The number of nitrogens with one attached hydrogen (secondary N) is 1.